The Labute approximate surface area is 108 Å². The molecule has 2 rings (SSSR count). The molecule has 1 aromatic rings. The molecule has 1 heterocycles. The number of carbonyl (C=O) groups excluding carboxylic acids is 1. The largest absolute Gasteiger partial charge is 0.391 e. The van der Waals surface area contributed by atoms with Crippen molar-refractivity contribution in [1.29, 1.82) is 0 Å². The number of carbonyl (C=O) groups is 1. The van der Waals surface area contributed by atoms with Gasteiger partial charge in [0.2, 0.25) is 0 Å². The highest BCUT2D eigenvalue weighted by Gasteiger charge is 2.30. The monoisotopic (exact) mass is 250 g/mol. The van der Waals surface area contributed by atoms with Gasteiger partial charge in [-0.05, 0) is 31.9 Å². The first-order chi connectivity index (χ1) is 8.65. The Morgan fingerprint density at radius 1 is 1.50 bits per heavy atom. The maximum Gasteiger partial charge on any atom is 0.270 e. The summed E-state index contributed by atoms with van der Waals surface area (Å²) in [6.07, 6.45) is 5.39. The third-order valence-corrected chi connectivity index (χ3v) is 3.90. The predicted molar refractivity (Wildman–Crippen MR) is 70.5 cm³/mol. The normalized spacial score (nSPS) is 23.9. The van der Waals surface area contributed by atoms with Gasteiger partial charge < -0.3 is 14.6 Å². The number of amides is 1. The quantitative estimate of drug-likeness (QED) is 0.890. The van der Waals surface area contributed by atoms with Gasteiger partial charge in [-0.15, -0.1) is 0 Å². The molecule has 0 radical (unpaired) electrons. The predicted octanol–water partition coefficient (Wildman–Crippen LogP) is 1.88. The van der Waals surface area contributed by atoms with E-state index < -0.39 is 0 Å². The molecule has 2 atom stereocenters. The molecule has 1 aliphatic carbocycles. The SMILES string of the molecule is CCn1cccc1C(=O)N(C)C1CCCCC1O. The van der Waals surface area contributed by atoms with Crippen LogP contribution in [0.4, 0.5) is 0 Å². The van der Waals surface area contributed by atoms with Crippen molar-refractivity contribution < 1.29 is 9.90 Å². The zero-order chi connectivity index (χ0) is 13.1. The summed E-state index contributed by atoms with van der Waals surface area (Å²) in [6.45, 7) is 2.81. The van der Waals surface area contributed by atoms with Gasteiger partial charge in [-0.1, -0.05) is 12.8 Å². The molecule has 0 bridgehead atoms. The molecule has 1 N–H and O–H groups in total. The fourth-order valence-electron chi connectivity index (χ4n) is 2.76. The molecule has 4 heteroatoms. The number of aliphatic hydroxyl groups excluding tert-OH is 1. The van der Waals surface area contributed by atoms with Crippen LogP contribution in [-0.4, -0.2) is 39.7 Å². The second kappa shape index (κ2) is 5.57. The molecule has 0 saturated heterocycles. The van der Waals surface area contributed by atoms with Crippen LogP contribution in [0.5, 0.6) is 0 Å². The molecule has 1 aromatic heterocycles. The van der Waals surface area contributed by atoms with E-state index in [-0.39, 0.29) is 18.1 Å². The Morgan fingerprint density at radius 2 is 2.22 bits per heavy atom. The lowest BCUT2D eigenvalue weighted by Crippen LogP contribution is -2.46. The van der Waals surface area contributed by atoms with Gasteiger partial charge in [0.05, 0.1) is 12.1 Å². The molecule has 100 valence electrons. The zero-order valence-electron chi connectivity index (χ0n) is 11.2. The third-order valence-electron chi connectivity index (χ3n) is 3.90. The van der Waals surface area contributed by atoms with Crippen molar-refractivity contribution in [3.8, 4) is 0 Å². The van der Waals surface area contributed by atoms with E-state index in [1.165, 1.54) is 0 Å². The van der Waals surface area contributed by atoms with Crippen molar-refractivity contribution in [2.24, 2.45) is 0 Å². The van der Waals surface area contributed by atoms with Crippen LogP contribution in [0.2, 0.25) is 0 Å². The lowest BCUT2D eigenvalue weighted by Gasteiger charge is -2.35. The van der Waals surface area contributed by atoms with E-state index in [9.17, 15) is 9.90 Å². The summed E-state index contributed by atoms with van der Waals surface area (Å²) in [5.74, 6) is 0.00722. The van der Waals surface area contributed by atoms with Crippen LogP contribution in [-0.2, 0) is 6.54 Å². The highest BCUT2D eigenvalue weighted by Crippen LogP contribution is 2.23. The summed E-state index contributed by atoms with van der Waals surface area (Å²) < 4.78 is 1.94. The van der Waals surface area contributed by atoms with Gasteiger partial charge in [0.15, 0.2) is 0 Å². The Bertz CT molecular complexity index is 414. The first kappa shape index (κ1) is 13.1. The average Bonchev–Trinajstić information content (AvgIpc) is 2.86. The average molecular weight is 250 g/mol. The van der Waals surface area contributed by atoms with E-state index in [1.54, 1.807) is 11.9 Å². The molecule has 0 spiro atoms. The van der Waals surface area contributed by atoms with Crippen LogP contribution in [0.3, 0.4) is 0 Å². The van der Waals surface area contributed by atoms with E-state index in [0.717, 1.165) is 32.2 Å². The van der Waals surface area contributed by atoms with Crippen LogP contribution in [0.1, 0.15) is 43.1 Å². The lowest BCUT2D eigenvalue weighted by atomic mass is 9.91. The lowest BCUT2D eigenvalue weighted by molar-refractivity contribution is 0.0261. The summed E-state index contributed by atoms with van der Waals surface area (Å²) in [5.41, 5.74) is 0.706. The highest BCUT2D eigenvalue weighted by atomic mass is 16.3. The number of aryl methyl sites for hydroxylation is 1. The smallest absolute Gasteiger partial charge is 0.270 e. The molecule has 18 heavy (non-hydrogen) atoms. The van der Waals surface area contributed by atoms with Gasteiger partial charge >= 0.3 is 0 Å². The Morgan fingerprint density at radius 3 is 2.89 bits per heavy atom. The number of likely N-dealkylation sites (N-methyl/N-ethyl adjacent to an activating group) is 1. The maximum absolute atomic E-state index is 12.4. The highest BCUT2D eigenvalue weighted by molar-refractivity contribution is 5.92. The van der Waals surface area contributed by atoms with Crippen LogP contribution in [0, 0.1) is 0 Å². The first-order valence-corrected chi connectivity index (χ1v) is 6.75. The number of hydrogen-bond donors (Lipinski definition) is 1. The standard InChI is InChI=1S/C14H22N2O2/c1-3-16-10-6-8-12(16)14(18)15(2)11-7-4-5-9-13(11)17/h6,8,10-11,13,17H,3-5,7,9H2,1-2H3. The first-order valence-electron chi connectivity index (χ1n) is 6.75. The van der Waals surface area contributed by atoms with Crippen molar-refractivity contribution in [2.75, 3.05) is 7.05 Å². The minimum Gasteiger partial charge on any atom is -0.391 e. The van der Waals surface area contributed by atoms with E-state index >= 15 is 0 Å². The summed E-state index contributed by atoms with van der Waals surface area (Å²) >= 11 is 0. The van der Waals surface area contributed by atoms with E-state index in [0.29, 0.717) is 5.69 Å². The number of nitrogens with zero attached hydrogens (tertiary/aromatic N) is 2. The van der Waals surface area contributed by atoms with Crippen molar-refractivity contribution in [2.45, 2.75) is 51.3 Å². The fourth-order valence-corrected chi connectivity index (χ4v) is 2.76. The zero-order valence-corrected chi connectivity index (χ0v) is 11.2. The number of aromatic nitrogens is 1. The summed E-state index contributed by atoms with van der Waals surface area (Å²) in [4.78, 5) is 14.1. The van der Waals surface area contributed by atoms with Gasteiger partial charge in [0.25, 0.3) is 5.91 Å². The van der Waals surface area contributed by atoms with Crippen molar-refractivity contribution in [1.82, 2.24) is 9.47 Å². The second-order valence-corrected chi connectivity index (χ2v) is 5.01. The molecule has 1 saturated carbocycles. The molecular formula is C14H22N2O2. The summed E-state index contributed by atoms with van der Waals surface area (Å²) in [6, 6.07) is 3.70. The fraction of sp³-hybridized carbons (Fsp3) is 0.643. The molecule has 1 fully saturated rings. The van der Waals surface area contributed by atoms with E-state index in [2.05, 4.69) is 0 Å². The minimum absolute atomic E-state index is 0.00722. The van der Waals surface area contributed by atoms with Gasteiger partial charge in [-0.25, -0.2) is 0 Å². The number of rotatable bonds is 3. The third kappa shape index (κ3) is 2.43. The molecule has 1 amide bonds. The van der Waals surface area contributed by atoms with Gasteiger partial charge in [-0.2, -0.15) is 0 Å². The molecular weight excluding hydrogens is 228 g/mol. The summed E-state index contributed by atoms with van der Waals surface area (Å²) in [5, 5.41) is 10.0. The maximum atomic E-state index is 12.4. The Kier molecular flexibility index (Phi) is 4.07. The van der Waals surface area contributed by atoms with Crippen LogP contribution in [0.25, 0.3) is 0 Å². The van der Waals surface area contributed by atoms with Gasteiger partial charge in [0, 0.05) is 19.8 Å². The number of hydrogen-bond acceptors (Lipinski definition) is 2. The molecule has 0 aliphatic heterocycles. The summed E-state index contributed by atoms with van der Waals surface area (Å²) in [7, 11) is 1.80. The van der Waals surface area contributed by atoms with Gasteiger partial charge in [0.1, 0.15) is 5.69 Å². The molecule has 2 unspecified atom stereocenters. The van der Waals surface area contributed by atoms with Crippen molar-refractivity contribution >= 4 is 5.91 Å². The number of aliphatic hydroxyl groups is 1. The van der Waals surface area contributed by atoms with Crippen molar-refractivity contribution in [3.05, 3.63) is 24.0 Å². The van der Waals surface area contributed by atoms with Crippen LogP contribution < -0.4 is 0 Å². The van der Waals surface area contributed by atoms with Crippen molar-refractivity contribution in [3.63, 3.8) is 0 Å². The Hall–Kier alpha value is -1.29. The molecule has 1 aliphatic rings. The minimum atomic E-state index is -0.377. The second-order valence-electron chi connectivity index (χ2n) is 5.01. The topological polar surface area (TPSA) is 45.5 Å². The Balaban J connectivity index is 2.13. The van der Waals surface area contributed by atoms with Crippen LogP contribution >= 0.6 is 0 Å². The van der Waals surface area contributed by atoms with E-state index in [4.69, 9.17) is 0 Å². The van der Waals surface area contributed by atoms with Crippen LogP contribution in [0.15, 0.2) is 18.3 Å². The molecule has 0 aromatic carbocycles. The van der Waals surface area contributed by atoms with E-state index in [1.807, 2.05) is 29.8 Å². The molecule has 4 nitrogen and oxygen atoms in total. The van der Waals surface area contributed by atoms with Gasteiger partial charge in [-0.3, -0.25) is 4.79 Å².